The normalized spacial score (nSPS) is 35.2. The molecular formula is C10H12O. The van der Waals surface area contributed by atoms with Gasteiger partial charge in [0.15, 0.2) is 5.60 Å². The average molecular weight is 148 g/mol. The predicted octanol–water partition coefficient (Wildman–Crippen LogP) is 1.77. The van der Waals surface area contributed by atoms with E-state index in [9.17, 15) is 0 Å². The Hall–Kier alpha value is -1.00. The highest BCUT2D eigenvalue weighted by Gasteiger charge is 2.30. The molecule has 2 atom stereocenters. The molecule has 0 heterocycles. The monoisotopic (exact) mass is 148 g/mol. The van der Waals surface area contributed by atoms with Crippen LogP contribution in [-0.4, -0.2) is 12.7 Å². The maximum absolute atomic E-state index is 5.38. The third-order valence-corrected chi connectivity index (χ3v) is 2.09. The Bertz CT molecular complexity index is 232. The van der Waals surface area contributed by atoms with Crippen LogP contribution in [0.2, 0.25) is 0 Å². The zero-order valence-corrected chi connectivity index (χ0v) is 6.87. The molecule has 0 amide bonds. The van der Waals surface area contributed by atoms with Crippen LogP contribution in [0.4, 0.5) is 0 Å². The van der Waals surface area contributed by atoms with Crippen molar-refractivity contribution in [3.63, 3.8) is 0 Å². The van der Waals surface area contributed by atoms with Crippen molar-refractivity contribution in [1.29, 1.82) is 0 Å². The van der Waals surface area contributed by atoms with Gasteiger partial charge in [0.05, 0.1) is 0 Å². The van der Waals surface area contributed by atoms with Gasteiger partial charge in [-0.15, -0.1) is 6.42 Å². The number of methoxy groups -OCH3 is 1. The topological polar surface area (TPSA) is 9.23 Å². The van der Waals surface area contributed by atoms with Crippen LogP contribution in [0.1, 0.15) is 6.92 Å². The molecule has 1 rings (SSSR count). The van der Waals surface area contributed by atoms with Crippen LogP contribution in [0, 0.1) is 18.3 Å². The number of ether oxygens (including phenoxy) is 1. The number of allylic oxidation sites excluding steroid dienone is 2. The molecule has 58 valence electrons. The van der Waals surface area contributed by atoms with Crippen molar-refractivity contribution in [2.75, 3.05) is 7.11 Å². The lowest BCUT2D eigenvalue weighted by molar-refractivity contribution is 0.0522. The van der Waals surface area contributed by atoms with Gasteiger partial charge in [-0.2, -0.15) is 0 Å². The standard InChI is InChI=1S/C10H12O/c1-4-10(11-3)8-6-5-7-9(10)2/h1,5-9H,2-3H3. The number of hydrogen-bond acceptors (Lipinski definition) is 1. The fraction of sp³-hybridized carbons (Fsp3) is 0.400. The third kappa shape index (κ3) is 1.22. The van der Waals surface area contributed by atoms with Crippen molar-refractivity contribution in [3.05, 3.63) is 24.3 Å². The Morgan fingerprint density at radius 3 is 2.64 bits per heavy atom. The first-order valence-electron chi connectivity index (χ1n) is 3.64. The van der Waals surface area contributed by atoms with Crippen LogP contribution in [0.25, 0.3) is 0 Å². The zero-order chi connectivity index (χ0) is 8.32. The van der Waals surface area contributed by atoms with E-state index < -0.39 is 5.60 Å². The Labute approximate surface area is 67.8 Å². The SMILES string of the molecule is C#CC1(OC)C=CC=CC1C. The summed E-state index contributed by atoms with van der Waals surface area (Å²) in [5.41, 5.74) is -0.519. The van der Waals surface area contributed by atoms with E-state index >= 15 is 0 Å². The summed E-state index contributed by atoms with van der Waals surface area (Å²) in [5.74, 6) is 2.91. The molecule has 0 radical (unpaired) electrons. The number of terminal acetylenes is 1. The minimum Gasteiger partial charge on any atom is -0.361 e. The van der Waals surface area contributed by atoms with E-state index in [-0.39, 0.29) is 5.92 Å². The van der Waals surface area contributed by atoms with Crippen LogP contribution in [0.5, 0.6) is 0 Å². The minimum absolute atomic E-state index is 0.252. The van der Waals surface area contributed by atoms with Crippen molar-refractivity contribution >= 4 is 0 Å². The van der Waals surface area contributed by atoms with Crippen molar-refractivity contribution in [2.45, 2.75) is 12.5 Å². The fourth-order valence-corrected chi connectivity index (χ4v) is 1.22. The number of rotatable bonds is 1. The molecule has 0 aliphatic heterocycles. The molecule has 0 bridgehead atoms. The second kappa shape index (κ2) is 2.94. The molecule has 1 aliphatic carbocycles. The molecule has 11 heavy (non-hydrogen) atoms. The molecule has 0 fully saturated rings. The summed E-state index contributed by atoms with van der Waals surface area (Å²) >= 11 is 0. The van der Waals surface area contributed by atoms with Gasteiger partial charge in [0.2, 0.25) is 0 Å². The van der Waals surface area contributed by atoms with Gasteiger partial charge < -0.3 is 4.74 Å². The quantitative estimate of drug-likeness (QED) is 0.515. The van der Waals surface area contributed by atoms with Crippen LogP contribution < -0.4 is 0 Å². The van der Waals surface area contributed by atoms with Gasteiger partial charge in [0, 0.05) is 13.0 Å². The molecule has 0 N–H and O–H groups in total. The second-order valence-corrected chi connectivity index (χ2v) is 2.67. The van der Waals surface area contributed by atoms with Gasteiger partial charge >= 0.3 is 0 Å². The van der Waals surface area contributed by atoms with Crippen molar-refractivity contribution < 1.29 is 4.74 Å². The van der Waals surface area contributed by atoms with Gasteiger partial charge in [-0.05, 0) is 6.08 Å². The van der Waals surface area contributed by atoms with Crippen LogP contribution in [0.15, 0.2) is 24.3 Å². The van der Waals surface area contributed by atoms with Crippen molar-refractivity contribution in [1.82, 2.24) is 0 Å². The Kier molecular flexibility index (Phi) is 2.16. The fourth-order valence-electron chi connectivity index (χ4n) is 1.22. The van der Waals surface area contributed by atoms with E-state index in [0.717, 1.165) is 0 Å². The van der Waals surface area contributed by atoms with Crippen LogP contribution in [0.3, 0.4) is 0 Å². The van der Waals surface area contributed by atoms with Crippen LogP contribution in [-0.2, 0) is 4.74 Å². The van der Waals surface area contributed by atoms with Crippen LogP contribution >= 0.6 is 0 Å². The summed E-state index contributed by atoms with van der Waals surface area (Å²) < 4.78 is 5.27. The zero-order valence-electron chi connectivity index (χ0n) is 6.87. The maximum atomic E-state index is 5.38. The Morgan fingerprint density at radius 2 is 2.27 bits per heavy atom. The van der Waals surface area contributed by atoms with E-state index in [1.807, 2.05) is 31.2 Å². The lowest BCUT2D eigenvalue weighted by atomic mass is 9.86. The van der Waals surface area contributed by atoms with E-state index in [4.69, 9.17) is 11.2 Å². The van der Waals surface area contributed by atoms with Gasteiger partial charge in [-0.3, -0.25) is 0 Å². The van der Waals surface area contributed by atoms with Gasteiger partial charge in [-0.1, -0.05) is 31.1 Å². The van der Waals surface area contributed by atoms with Crippen molar-refractivity contribution in [3.8, 4) is 12.3 Å². The molecule has 0 aromatic rings. The van der Waals surface area contributed by atoms with E-state index in [2.05, 4.69) is 5.92 Å². The maximum Gasteiger partial charge on any atom is 0.152 e. The summed E-state index contributed by atoms with van der Waals surface area (Å²) in [4.78, 5) is 0. The third-order valence-electron chi connectivity index (χ3n) is 2.09. The molecule has 0 aromatic heterocycles. The molecule has 1 aliphatic rings. The first kappa shape index (κ1) is 8.10. The summed E-state index contributed by atoms with van der Waals surface area (Å²) in [6, 6.07) is 0. The molecule has 2 unspecified atom stereocenters. The lowest BCUT2D eigenvalue weighted by Crippen LogP contribution is -2.34. The molecule has 1 heteroatoms. The molecule has 0 spiro atoms. The van der Waals surface area contributed by atoms with Gasteiger partial charge in [0.25, 0.3) is 0 Å². The smallest absolute Gasteiger partial charge is 0.152 e. The molecule has 0 saturated carbocycles. The van der Waals surface area contributed by atoms with Crippen molar-refractivity contribution in [2.24, 2.45) is 5.92 Å². The summed E-state index contributed by atoms with van der Waals surface area (Å²) in [7, 11) is 1.64. The first-order valence-corrected chi connectivity index (χ1v) is 3.64. The first-order chi connectivity index (χ1) is 5.25. The Balaban J connectivity index is 2.94. The van der Waals surface area contributed by atoms with Gasteiger partial charge in [-0.25, -0.2) is 0 Å². The largest absolute Gasteiger partial charge is 0.361 e. The van der Waals surface area contributed by atoms with Gasteiger partial charge in [0.1, 0.15) is 0 Å². The molecule has 0 aromatic carbocycles. The average Bonchev–Trinajstić information content (AvgIpc) is 2.06. The highest BCUT2D eigenvalue weighted by atomic mass is 16.5. The summed E-state index contributed by atoms with van der Waals surface area (Å²) in [5, 5.41) is 0. The number of hydrogen-bond donors (Lipinski definition) is 0. The lowest BCUT2D eigenvalue weighted by Gasteiger charge is -2.29. The summed E-state index contributed by atoms with van der Waals surface area (Å²) in [6.45, 7) is 2.04. The minimum atomic E-state index is -0.519. The second-order valence-electron chi connectivity index (χ2n) is 2.67. The predicted molar refractivity (Wildman–Crippen MR) is 46.0 cm³/mol. The molecule has 1 nitrogen and oxygen atoms in total. The highest BCUT2D eigenvalue weighted by molar-refractivity contribution is 5.31. The van der Waals surface area contributed by atoms with E-state index in [1.54, 1.807) is 7.11 Å². The molecule has 0 saturated heterocycles. The van der Waals surface area contributed by atoms with E-state index in [1.165, 1.54) is 0 Å². The van der Waals surface area contributed by atoms with E-state index in [0.29, 0.717) is 0 Å². The Morgan fingerprint density at radius 1 is 1.55 bits per heavy atom. The highest BCUT2D eigenvalue weighted by Crippen LogP contribution is 2.26. The summed E-state index contributed by atoms with van der Waals surface area (Å²) in [6.07, 6.45) is 13.2. The molecular weight excluding hydrogens is 136 g/mol.